The van der Waals surface area contributed by atoms with Gasteiger partial charge >= 0.3 is 0 Å². The van der Waals surface area contributed by atoms with Crippen molar-refractivity contribution in [3.63, 3.8) is 0 Å². The van der Waals surface area contributed by atoms with Crippen molar-refractivity contribution in [2.75, 3.05) is 20.3 Å². The Hall–Kier alpha value is -2.59. The largest absolute Gasteiger partial charge is 0.497 e. The van der Waals surface area contributed by atoms with Gasteiger partial charge in [-0.1, -0.05) is 13.0 Å². The minimum absolute atomic E-state index is 0.232. The van der Waals surface area contributed by atoms with E-state index in [9.17, 15) is 0 Å². The highest BCUT2D eigenvalue weighted by Crippen LogP contribution is 2.25. The first kappa shape index (κ1) is 17.8. The Morgan fingerprint density at radius 1 is 1.11 bits per heavy atom. The number of hydrogen-bond acceptors (Lipinski definition) is 4. The Morgan fingerprint density at radius 2 is 1.96 bits per heavy atom. The quantitative estimate of drug-likeness (QED) is 0.657. The summed E-state index contributed by atoms with van der Waals surface area (Å²) in [6, 6.07) is 16.3. The third kappa shape index (κ3) is 3.91. The Labute approximate surface area is 159 Å². The fourth-order valence-electron chi connectivity index (χ4n) is 3.45. The summed E-state index contributed by atoms with van der Waals surface area (Å²) in [6.07, 6.45) is 3.43. The van der Waals surface area contributed by atoms with Gasteiger partial charge in [-0.2, -0.15) is 0 Å². The average molecular weight is 363 g/mol. The van der Waals surface area contributed by atoms with Gasteiger partial charge in [0.25, 0.3) is 0 Å². The molecule has 1 aromatic heterocycles. The molecule has 1 aliphatic heterocycles. The van der Waals surface area contributed by atoms with Crippen LogP contribution < -0.4 is 10.1 Å². The van der Waals surface area contributed by atoms with E-state index in [1.54, 1.807) is 7.11 Å². The molecule has 4 heteroatoms. The molecular weight excluding hydrogens is 338 g/mol. The Morgan fingerprint density at radius 3 is 2.67 bits per heavy atom. The van der Waals surface area contributed by atoms with Gasteiger partial charge in [0.1, 0.15) is 17.1 Å². The molecule has 2 heterocycles. The highest BCUT2D eigenvalue weighted by Gasteiger charge is 2.15. The zero-order valence-corrected chi connectivity index (χ0v) is 15.9. The smallest absolute Gasteiger partial charge is 0.136 e. The van der Waals surface area contributed by atoms with Crippen molar-refractivity contribution in [2.45, 2.75) is 32.3 Å². The lowest BCUT2D eigenvalue weighted by molar-refractivity contribution is 0.117. The van der Waals surface area contributed by atoms with Crippen molar-refractivity contribution >= 4 is 11.0 Å². The molecule has 0 radical (unpaired) electrons. The maximum absolute atomic E-state index is 6.20. The number of methoxy groups -OCH3 is 1. The van der Waals surface area contributed by atoms with Crippen LogP contribution in [-0.4, -0.2) is 26.4 Å². The van der Waals surface area contributed by atoms with Gasteiger partial charge in [-0.25, -0.2) is 0 Å². The summed E-state index contributed by atoms with van der Waals surface area (Å²) >= 11 is 0. The van der Waals surface area contributed by atoms with E-state index < -0.39 is 0 Å². The second-order valence-corrected chi connectivity index (χ2v) is 6.88. The topological polar surface area (TPSA) is 44.0 Å². The molecule has 4 rings (SSSR count). The van der Waals surface area contributed by atoms with Gasteiger partial charge in [-0.15, -0.1) is 0 Å². The molecule has 0 spiro atoms. The molecule has 4 nitrogen and oxygen atoms in total. The van der Waals surface area contributed by atoms with E-state index in [1.807, 2.05) is 36.4 Å². The van der Waals surface area contributed by atoms with E-state index in [0.29, 0.717) is 6.54 Å². The van der Waals surface area contributed by atoms with E-state index in [-0.39, 0.29) is 6.10 Å². The molecule has 0 unspecified atom stereocenters. The average Bonchev–Trinajstić information content (AvgIpc) is 3.25. The van der Waals surface area contributed by atoms with Crippen LogP contribution in [0.1, 0.15) is 25.3 Å². The van der Waals surface area contributed by atoms with E-state index in [1.165, 1.54) is 5.56 Å². The molecule has 2 aromatic carbocycles. The summed E-state index contributed by atoms with van der Waals surface area (Å²) in [4.78, 5) is 4.90. The van der Waals surface area contributed by atoms with E-state index in [4.69, 9.17) is 18.9 Å². The summed E-state index contributed by atoms with van der Waals surface area (Å²) in [6.45, 7) is 3.70. The van der Waals surface area contributed by atoms with Gasteiger partial charge < -0.3 is 13.9 Å². The molecular formula is C23H25NO3. The second-order valence-electron chi connectivity index (χ2n) is 6.88. The predicted molar refractivity (Wildman–Crippen MR) is 107 cm³/mol. The van der Waals surface area contributed by atoms with E-state index >= 15 is 0 Å². The normalized spacial score (nSPS) is 17.6. The molecule has 3 aromatic rings. The van der Waals surface area contributed by atoms with E-state index in [0.717, 1.165) is 59.3 Å². The Kier molecular flexibility index (Phi) is 5.26. The molecule has 0 N–H and O–H groups in total. The molecule has 0 saturated carbocycles. The van der Waals surface area contributed by atoms with Crippen molar-refractivity contribution in [1.82, 2.24) is 0 Å². The summed E-state index contributed by atoms with van der Waals surface area (Å²) in [5, 5.41) is 2.03. The summed E-state index contributed by atoms with van der Waals surface area (Å²) in [5.41, 5.74) is 3.14. The maximum atomic E-state index is 6.20. The van der Waals surface area contributed by atoms with Crippen LogP contribution in [0.2, 0.25) is 0 Å². The fourth-order valence-corrected chi connectivity index (χ4v) is 3.45. The molecule has 0 aliphatic carbocycles. The third-order valence-corrected chi connectivity index (χ3v) is 5.08. The number of rotatable bonds is 5. The first-order chi connectivity index (χ1) is 13.3. The van der Waals surface area contributed by atoms with Crippen molar-refractivity contribution in [3.8, 4) is 17.1 Å². The zero-order valence-electron chi connectivity index (χ0n) is 15.9. The SMILES string of the molecule is CCc1ccc2oc(-c3ccc(OC)cc3)cc(=NC[C@H]3CCCO3)c2c1. The van der Waals surface area contributed by atoms with Crippen LogP contribution in [-0.2, 0) is 11.2 Å². The second kappa shape index (κ2) is 7.97. The lowest BCUT2D eigenvalue weighted by atomic mass is 10.1. The number of benzene rings is 2. The summed E-state index contributed by atoms with van der Waals surface area (Å²) in [5.74, 6) is 1.64. The molecule has 27 heavy (non-hydrogen) atoms. The Balaban J connectivity index is 1.81. The first-order valence-corrected chi connectivity index (χ1v) is 9.60. The standard InChI is InChI=1S/C23H25NO3/c1-3-16-6-11-22-20(13-16)21(24-15-19-5-4-12-26-19)14-23(27-22)17-7-9-18(25-2)10-8-17/h6-11,13-14,19H,3-5,12,15H2,1-2H3/t19-/m1/s1. The highest BCUT2D eigenvalue weighted by molar-refractivity contribution is 5.79. The summed E-state index contributed by atoms with van der Waals surface area (Å²) in [7, 11) is 1.67. The number of aryl methyl sites for hydroxylation is 1. The van der Waals surface area contributed by atoms with Crippen LogP contribution in [0.4, 0.5) is 0 Å². The molecule has 0 bridgehead atoms. The van der Waals surface area contributed by atoms with Crippen molar-refractivity contribution in [2.24, 2.45) is 4.99 Å². The van der Waals surface area contributed by atoms with Crippen LogP contribution >= 0.6 is 0 Å². The van der Waals surface area contributed by atoms with Crippen LogP contribution in [0.3, 0.4) is 0 Å². The van der Waals surface area contributed by atoms with Gasteiger partial charge in [0.2, 0.25) is 0 Å². The number of fused-ring (bicyclic) bond motifs is 1. The molecule has 1 aliphatic rings. The first-order valence-electron chi connectivity index (χ1n) is 9.60. The van der Waals surface area contributed by atoms with Crippen LogP contribution in [0.25, 0.3) is 22.3 Å². The highest BCUT2D eigenvalue weighted by atomic mass is 16.5. The van der Waals surface area contributed by atoms with Crippen LogP contribution in [0.15, 0.2) is 57.9 Å². The molecule has 1 saturated heterocycles. The number of ether oxygens (including phenoxy) is 2. The van der Waals surface area contributed by atoms with Gasteiger partial charge in [0.15, 0.2) is 0 Å². The minimum atomic E-state index is 0.232. The monoisotopic (exact) mass is 363 g/mol. The van der Waals surface area contributed by atoms with Gasteiger partial charge in [-0.3, -0.25) is 4.99 Å². The fraction of sp³-hybridized carbons (Fsp3) is 0.348. The van der Waals surface area contributed by atoms with Crippen molar-refractivity contribution in [3.05, 3.63) is 59.5 Å². The predicted octanol–water partition coefficient (Wildman–Crippen LogP) is 4.75. The molecule has 140 valence electrons. The molecule has 0 amide bonds. The van der Waals surface area contributed by atoms with E-state index in [2.05, 4.69) is 19.1 Å². The lowest BCUT2D eigenvalue weighted by Crippen LogP contribution is -2.14. The number of hydrogen-bond donors (Lipinski definition) is 0. The maximum Gasteiger partial charge on any atom is 0.136 e. The van der Waals surface area contributed by atoms with Gasteiger partial charge in [0.05, 0.1) is 25.1 Å². The van der Waals surface area contributed by atoms with Crippen LogP contribution in [0, 0.1) is 0 Å². The Bertz CT molecular complexity index is 983. The lowest BCUT2D eigenvalue weighted by Gasteiger charge is -2.09. The summed E-state index contributed by atoms with van der Waals surface area (Å²) < 4.78 is 17.2. The molecule has 1 fully saturated rings. The van der Waals surface area contributed by atoms with Gasteiger partial charge in [-0.05, 0) is 61.2 Å². The number of nitrogens with zero attached hydrogens (tertiary/aromatic N) is 1. The molecule has 1 atom stereocenters. The van der Waals surface area contributed by atoms with Crippen molar-refractivity contribution in [1.29, 1.82) is 0 Å². The van der Waals surface area contributed by atoms with Crippen LogP contribution in [0.5, 0.6) is 5.75 Å². The minimum Gasteiger partial charge on any atom is -0.497 e. The van der Waals surface area contributed by atoms with Crippen molar-refractivity contribution < 1.29 is 13.9 Å². The third-order valence-electron chi connectivity index (χ3n) is 5.08. The zero-order chi connectivity index (χ0) is 18.6. The van der Waals surface area contributed by atoms with Gasteiger partial charge in [0, 0.05) is 23.6 Å².